The summed E-state index contributed by atoms with van der Waals surface area (Å²) in [7, 11) is 0. The van der Waals surface area contributed by atoms with Gasteiger partial charge in [-0.15, -0.1) is 0 Å². The molecule has 1 atom stereocenters. The first-order valence-corrected chi connectivity index (χ1v) is 3.99. The lowest BCUT2D eigenvalue weighted by Gasteiger charge is -2.13. The van der Waals surface area contributed by atoms with Gasteiger partial charge in [-0.3, -0.25) is 4.79 Å². The Balaban J connectivity index is 3.67. The van der Waals surface area contributed by atoms with Gasteiger partial charge in [0.25, 0.3) is 0 Å². The van der Waals surface area contributed by atoms with E-state index in [-0.39, 0.29) is 18.5 Å². The standard InChI is InChI=1S/C8H15NO3/c1-6(2)9-7(5-10)3-4-8(11)12/h5-7,9H,3-4H2,1-2H3,(H,11,12)/t7-/m1/s1. The number of carboxylic acids is 1. The van der Waals surface area contributed by atoms with Crippen molar-refractivity contribution < 1.29 is 14.7 Å². The highest BCUT2D eigenvalue weighted by Crippen LogP contribution is 1.96. The van der Waals surface area contributed by atoms with Gasteiger partial charge in [-0.25, -0.2) is 0 Å². The topological polar surface area (TPSA) is 66.4 Å². The highest BCUT2D eigenvalue weighted by molar-refractivity contribution is 5.68. The van der Waals surface area contributed by atoms with Crippen molar-refractivity contribution in [2.75, 3.05) is 0 Å². The quantitative estimate of drug-likeness (QED) is 0.571. The van der Waals surface area contributed by atoms with Crippen LogP contribution in [0.3, 0.4) is 0 Å². The Kier molecular flexibility index (Phi) is 5.28. The van der Waals surface area contributed by atoms with Crippen LogP contribution in [-0.4, -0.2) is 29.4 Å². The summed E-state index contributed by atoms with van der Waals surface area (Å²) in [6, 6.07) is -0.130. The molecule has 0 rings (SSSR count). The number of nitrogens with one attached hydrogen (secondary N) is 1. The SMILES string of the molecule is CC(C)N[C@@H](C=O)CCC(=O)O. The summed E-state index contributed by atoms with van der Waals surface area (Å²) in [5.74, 6) is -0.868. The van der Waals surface area contributed by atoms with Crippen LogP contribution >= 0.6 is 0 Å². The number of aldehydes is 1. The second-order valence-electron chi connectivity index (χ2n) is 3.00. The molecule has 0 aliphatic heterocycles. The Morgan fingerprint density at radius 1 is 1.58 bits per heavy atom. The van der Waals surface area contributed by atoms with Gasteiger partial charge in [-0.2, -0.15) is 0 Å². The molecule has 0 amide bonds. The summed E-state index contributed by atoms with van der Waals surface area (Å²) in [5.41, 5.74) is 0. The predicted octanol–water partition coefficient (Wildman–Crippen LogP) is 0.417. The van der Waals surface area contributed by atoms with Crippen LogP contribution < -0.4 is 5.32 Å². The molecule has 0 heterocycles. The van der Waals surface area contributed by atoms with Crippen LogP contribution in [0.25, 0.3) is 0 Å². The van der Waals surface area contributed by atoms with E-state index in [1.165, 1.54) is 0 Å². The van der Waals surface area contributed by atoms with Crippen LogP contribution in [0.5, 0.6) is 0 Å². The zero-order chi connectivity index (χ0) is 9.56. The van der Waals surface area contributed by atoms with Crippen molar-refractivity contribution in [2.24, 2.45) is 0 Å². The van der Waals surface area contributed by atoms with Crippen LogP contribution in [0.15, 0.2) is 0 Å². The van der Waals surface area contributed by atoms with Crippen molar-refractivity contribution in [2.45, 2.75) is 38.8 Å². The maximum absolute atomic E-state index is 10.4. The third-order valence-corrected chi connectivity index (χ3v) is 1.38. The molecule has 0 aliphatic carbocycles. The number of aliphatic carboxylic acids is 1. The molecule has 2 N–H and O–H groups in total. The van der Waals surface area contributed by atoms with E-state index in [2.05, 4.69) is 5.32 Å². The third kappa shape index (κ3) is 5.85. The average Bonchev–Trinajstić information content (AvgIpc) is 1.97. The molecule has 0 unspecified atom stereocenters. The Bertz CT molecular complexity index is 156. The molecular weight excluding hydrogens is 158 g/mol. The number of carbonyl (C=O) groups is 2. The molecular formula is C8H15NO3. The number of rotatable bonds is 6. The van der Waals surface area contributed by atoms with Crippen LogP contribution in [0.1, 0.15) is 26.7 Å². The monoisotopic (exact) mass is 173 g/mol. The summed E-state index contributed by atoms with van der Waals surface area (Å²) >= 11 is 0. The van der Waals surface area contributed by atoms with Gasteiger partial charge in [0, 0.05) is 12.5 Å². The van der Waals surface area contributed by atoms with E-state index in [4.69, 9.17) is 5.11 Å². The van der Waals surface area contributed by atoms with Gasteiger partial charge in [0.2, 0.25) is 0 Å². The van der Waals surface area contributed by atoms with Gasteiger partial charge in [0.1, 0.15) is 6.29 Å². The number of carboxylic acid groups (broad SMARTS) is 1. The highest BCUT2D eigenvalue weighted by Gasteiger charge is 2.09. The van der Waals surface area contributed by atoms with Crippen LogP contribution in [-0.2, 0) is 9.59 Å². The van der Waals surface area contributed by atoms with Crippen molar-refractivity contribution in [3.8, 4) is 0 Å². The lowest BCUT2D eigenvalue weighted by atomic mass is 10.1. The summed E-state index contributed by atoms with van der Waals surface area (Å²) in [6.45, 7) is 3.83. The maximum Gasteiger partial charge on any atom is 0.303 e. The van der Waals surface area contributed by atoms with E-state index < -0.39 is 5.97 Å². The minimum absolute atomic E-state index is 0.0309. The smallest absolute Gasteiger partial charge is 0.303 e. The van der Waals surface area contributed by atoms with E-state index in [9.17, 15) is 9.59 Å². The van der Waals surface area contributed by atoms with Crippen molar-refractivity contribution >= 4 is 12.3 Å². The molecule has 0 aromatic rings. The second kappa shape index (κ2) is 5.71. The van der Waals surface area contributed by atoms with Gasteiger partial charge in [0.05, 0.1) is 6.04 Å². The molecule has 0 radical (unpaired) electrons. The van der Waals surface area contributed by atoms with Crippen molar-refractivity contribution in [1.29, 1.82) is 0 Å². The van der Waals surface area contributed by atoms with E-state index in [1.807, 2.05) is 13.8 Å². The molecule has 0 bridgehead atoms. The molecule has 0 spiro atoms. The Hall–Kier alpha value is -0.900. The van der Waals surface area contributed by atoms with Gasteiger partial charge < -0.3 is 15.2 Å². The first-order chi connectivity index (χ1) is 5.56. The Morgan fingerprint density at radius 3 is 2.50 bits per heavy atom. The van der Waals surface area contributed by atoms with Crippen LogP contribution in [0, 0.1) is 0 Å². The summed E-state index contributed by atoms with van der Waals surface area (Å²) in [6.07, 6.45) is 1.14. The third-order valence-electron chi connectivity index (χ3n) is 1.38. The Labute approximate surface area is 72.0 Å². The van der Waals surface area contributed by atoms with Crippen molar-refractivity contribution in [3.05, 3.63) is 0 Å². The van der Waals surface area contributed by atoms with Gasteiger partial charge in [-0.05, 0) is 6.42 Å². The van der Waals surface area contributed by atoms with Crippen molar-refractivity contribution in [1.82, 2.24) is 5.32 Å². The minimum Gasteiger partial charge on any atom is -0.481 e. The number of hydrogen-bond acceptors (Lipinski definition) is 3. The fraction of sp³-hybridized carbons (Fsp3) is 0.750. The van der Waals surface area contributed by atoms with E-state index in [1.54, 1.807) is 0 Å². The first kappa shape index (κ1) is 11.1. The average molecular weight is 173 g/mol. The van der Waals surface area contributed by atoms with E-state index >= 15 is 0 Å². The second-order valence-corrected chi connectivity index (χ2v) is 3.00. The van der Waals surface area contributed by atoms with E-state index in [0.717, 1.165) is 6.29 Å². The summed E-state index contributed by atoms with van der Waals surface area (Å²) in [4.78, 5) is 20.6. The van der Waals surface area contributed by atoms with Gasteiger partial charge >= 0.3 is 5.97 Å². The predicted molar refractivity (Wildman–Crippen MR) is 45.0 cm³/mol. The molecule has 0 fully saturated rings. The number of hydrogen-bond donors (Lipinski definition) is 2. The lowest BCUT2D eigenvalue weighted by Crippen LogP contribution is -2.36. The molecule has 70 valence electrons. The largest absolute Gasteiger partial charge is 0.481 e. The minimum atomic E-state index is -0.868. The van der Waals surface area contributed by atoms with Gasteiger partial charge in [-0.1, -0.05) is 13.8 Å². The first-order valence-electron chi connectivity index (χ1n) is 3.99. The molecule has 12 heavy (non-hydrogen) atoms. The molecule has 4 nitrogen and oxygen atoms in total. The van der Waals surface area contributed by atoms with Crippen LogP contribution in [0.2, 0.25) is 0 Å². The highest BCUT2D eigenvalue weighted by atomic mass is 16.4. The fourth-order valence-electron chi connectivity index (χ4n) is 0.898. The zero-order valence-electron chi connectivity index (χ0n) is 7.41. The molecule has 0 aromatic heterocycles. The summed E-state index contributed by atoms with van der Waals surface area (Å²) < 4.78 is 0. The molecule has 0 aromatic carbocycles. The molecule has 4 heteroatoms. The molecule has 0 aliphatic rings. The van der Waals surface area contributed by atoms with Crippen LogP contribution in [0.4, 0.5) is 0 Å². The van der Waals surface area contributed by atoms with Crippen molar-refractivity contribution in [3.63, 3.8) is 0 Å². The normalized spacial score (nSPS) is 12.9. The lowest BCUT2D eigenvalue weighted by molar-refractivity contribution is -0.137. The maximum atomic E-state index is 10.4. The number of carbonyl (C=O) groups excluding carboxylic acids is 1. The molecule has 0 saturated heterocycles. The zero-order valence-corrected chi connectivity index (χ0v) is 7.41. The molecule has 0 saturated carbocycles. The fourth-order valence-corrected chi connectivity index (χ4v) is 0.898. The van der Waals surface area contributed by atoms with E-state index in [0.29, 0.717) is 6.42 Å². The Morgan fingerprint density at radius 2 is 2.17 bits per heavy atom. The van der Waals surface area contributed by atoms with Gasteiger partial charge in [0.15, 0.2) is 0 Å². The summed E-state index contributed by atoms with van der Waals surface area (Å²) in [5, 5.41) is 11.3.